The quantitative estimate of drug-likeness (QED) is 0.850. The maximum atomic E-state index is 5.88. The summed E-state index contributed by atoms with van der Waals surface area (Å²) in [6.45, 7) is 1.45. The molecule has 2 nitrogen and oxygen atoms in total. The number of benzene rings is 2. The zero-order valence-electron chi connectivity index (χ0n) is 11.2. The van der Waals surface area contributed by atoms with Crippen LogP contribution in [-0.2, 0) is 6.61 Å². The molecule has 0 spiro atoms. The molecule has 2 heteroatoms. The van der Waals surface area contributed by atoms with Gasteiger partial charge in [-0.15, -0.1) is 0 Å². The second kappa shape index (κ2) is 7.39. The summed E-state index contributed by atoms with van der Waals surface area (Å²) in [6, 6.07) is 18.3. The van der Waals surface area contributed by atoms with Gasteiger partial charge in [0.25, 0.3) is 0 Å². The minimum Gasteiger partial charge on any atom is -0.488 e. The molecule has 2 aromatic rings. The number of hydrogen-bond donors (Lipinski definition) is 1. The largest absolute Gasteiger partial charge is 0.488 e. The SMILES string of the molecule is CNCC=Cc1ccccc1OCc1ccccc1. The van der Waals surface area contributed by atoms with Gasteiger partial charge in [0.2, 0.25) is 0 Å². The second-order valence-electron chi connectivity index (χ2n) is 4.27. The molecule has 0 aliphatic carbocycles. The summed E-state index contributed by atoms with van der Waals surface area (Å²) in [7, 11) is 1.93. The summed E-state index contributed by atoms with van der Waals surface area (Å²) in [4.78, 5) is 0. The molecule has 0 radical (unpaired) electrons. The molecule has 19 heavy (non-hydrogen) atoms. The van der Waals surface area contributed by atoms with E-state index in [2.05, 4.69) is 35.7 Å². The van der Waals surface area contributed by atoms with E-state index in [9.17, 15) is 0 Å². The predicted octanol–water partition coefficient (Wildman–Crippen LogP) is 3.50. The lowest BCUT2D eigenvalue weighted by Crippen LogP contribution is -2.03. The Morgan fingerprint density at radius 1 is 1.00 bits per heavy atom. The monoisotopic (exact) mass is 253 g/mol. The number of hydrogen-bond acceptors (Lipinski definition) is 2. The van der Waals surface area contributed by atoms with E-state index in [1.807, 2.05) is 43.4 Å². The number of ether oxygens (including phenoxy) is 1. The highest BCUT2D eigenvalue weighted by Gasteiger charge is 2.00. The average molecular weight is 253 g/mol. The van der Waals surface area contributed by atoms with Gasteiger partial charge in [-0.25, -0.2) is 0 Å². The van der Waals surface area contributed by atoms with E-state index in [4.69, 9.17) is 4.74 Å². The first-order chi connectivity index (χ1) is 9.40. The molecule has 0 saturated carbocycles. The average Bonchev–Trinajstić information content (AvgIpc) is 2.48. The fraction of sp³-hybridized carbons (Fsp3) is 0.176. The van der Waals surface area contributed by atoms with Gasteiger partial charge in [0.05, 0.1) is 0 Å². The van der Waals surface area contributed by atoms with E-state index in [1.165, 1.54) is 5.56 Å². The molecule has 0 aromatic heterocycles. The number of para-hydroxylation sites is 1. The minimum atomic E-state index is 0.595. The fourth-order valence-corrected chi connectivity index (χ4v) is 1.79. The molecule has 2 rings (SSSR count). The molecule has 2 aromatic carbocycles. The van der Waals surface area contributed by atoms with Crippen molar-refractivity contribution in [1.29, 1.82) is 0 Å². The lowest BCUT2D eigenvalue weighted by Gasteiger charge is -2.09. The molecule has 0 aliphatic heterocycles. The first-order valence-electron chi connectivity index (χ1n) is 6.47. The second-order valence-corrected chi connectivity index (χ2v) is 4.27. The molecule has 0 unspecified atom stereocenters. The number of nitrogens with one attached hydrogen (secondary N) is 1. The number of likely N-dealkylation sites (N-methyl/N-ethyl adjacent to an activating group) is 1. The Morgan fingerprint density at radius 2 is 1.74 bits per heavy atom. The normalized spacial score (nSPS) is 10.8. The Hall–Kier alpha value is -2.06. The molecular formula is C17H19NO. The first-order valence-corrected chi connectivity index (χ1v) is 6.47. The smallest absolute Gasteiger partial charge is 0.127 e. The van der Waals surface area contributed by atoms with Crippen LogP contribution in [-0.4, -0.2) is 13.6 Å². The van der Waals surface area contributed by atoms with E-state index in [1.54, 1.807) is 0 Å². The van der Waals surface area contributed by atoms with Gasteiger partial charge in [-0.1, -0.05) is 60.7 Å². The van der Waals surface area contributed by atoms with Gasteiger partial charge in [-0.05, 0) is 18.7 Å². The maximum Gasteiger partial charge on any atom is 0.127 e. The zero-order valence-corrected chi connectivity index (χ0v) is 11.2. The van der Waals surface area contributed by atoms with Crippen molar-refractivity contribution in [3.05, 3.63) is 71.8 Å². The highest BCUT2D eigenvalue weighted by Crippen LogP contribution is 2.20. The third-order valence-corrected chi connectivity index (χ3v) is 2.78. The van der Waals surface area contributed by atoms with Crippen LogP contribution < -0.4 is 10.1 Å². The van der Waals surface area contributed by atoms with Crippen molar-refractivity contribution in [2.24, 2.45) is 0 Å². The van der Waals surface area contributed by atoms with Crippen molar-refractivity contribution in [2.45, 2.75) is 6.61 Å². The molecule has 1 N–H and O–H groups in total. The van der Waals surface area contributed by atoms with E-state index in [0.717, 1.165) is 17.9 Å². The molecule has 0 heterocycles. The Morgan fingerprint density at radius 3 is 2.53 bits per heavy atom. The van der Waals surface area contributed by atoms with Gasteiger partial charge in [0, 0.05) is 12.1 Å². The third-order valence-electron chi connectivity index (χ3n) is 2.78. The molecule has 0 bridgehead atoms. The molecule has 0 atom stereocenters. The van der Waals surface area contributed by atoms with Gasteiger partial charge in [-0.2, -0.15) is 0 Å². The lowest BCUT2D eigenvalue weighted by molar-refractivity contribution is 0.305. The van der Waals surface area contributed by atoms with Crippen LogP contribution in [0.15, 0.2) is 60.7 Å². The Balaban J connectivity index is 2.03. The van der Waals surface area contributed by atoms with Crippen LogP contribution in [0.25, 0.3) is 6.08 Å². The summed E-state index contributed by atoms with van der Waals surface area (Å²) in [5.41, 5.74) is 2.28. The van der Waals surface area contributed by atoms with Crippen molar-refractivity contribution in [3.8, 4) is 5.75 Å². The summed E-state index contributed by atoms with van der Waals surface area (Å²) in [5.74, 6) is 0.915. The van der Waals surface area contributed by atoms with Crippen LogP contribution in [0.1, 0.15) is 11.1 Å². The van der Waals surface area contributed by atoms with Crippen molar-refractivity contribution in [2.75, 3.05) is 13.6 Å². The molecule has 0 aliphatic rings. The molecule has 0 saturated heterocycles. The Labute approximate surface area is 114 Å². The maximum absolute atomic E-state index is 5.88. The minimum absolute atomic E-state index is 0.595. The van der Waals surface area contributed by atoms with E-state index in [-0.39, 0.29) is 0 Å². The van der Waals surface area contributed by atoms with Crippen LogP contribution in [0.2, 0.25) is 0 Å². The van der Waals surface area contributed by atoms with E-state index < -0.39 is 0 Å². The molecule has 98 valence electrons. The van der Waals surface area contributed by atoms with Crippen LogP contribution >= 0.6 is 0 Å². The third kappa shape index (κ3) is 4.27. The Kier molecular flexibility index (Phi) is 5.20. The molecule has 0 amide bonds. The molecular weight excluding hydrogens is 234 g/mol. The highest BCUT2D eigenvalue weighted by molar-refractivity contribution is 5.57. The van der Waals surface area contributed by atoms with Crippen molar-refractivity contribution < 1.29 is 4.74 Å². The van der Waals surface area contributed by atoms with Crippen molar-refractivity contribution in [1.82, 2.24) is 5.32 Å². The summed E-state index contributed by atoms with van der Waals surface area (Å²) < 4.78 is 5.88. The van der Waals surface area contributed by atoms with Gasteiger partial charge in [0.1, 0.15) is 12.4 Å². The zero-order chi connectivity index (χ0) is 13.3. The van der Waals surface area contributed by atoms with Crippen LogP contribution in [0.4, 0.5) is 0 Å². The van der Waals surface area contributed by atoms with E-state index >= 15 is 0 Å². The highest BCUT2D eigenvalue weighted by atomic mass is 16.5. The van der Waals surface area contributed by atoms with Crippen molar-refractivity contribution >= 4 is 6.08 Å². The van der Waals surface area contributed by atoms with Crippen LogP contribution in [0, 0.1) is 0 Å². The summed E-state index contributed by atoms with van der Waals surface area (Å²) >= 11 is 0. The van der Waals surface area contributed by atoms with Gasteiger partial charge in [-0.3, -0.25) is 0 Å². The first kappa shape index (κ1) is 13.4. The summed E-state index contributed by atoms with van der Waals surface area (Å²) in [5, 5.41) is 3.09. The van der Waals surface area contributed by atoms with Gasteiger partial charge in [0.15, 0.2) is 0 Å². The van der Waals surface area contributed by atoms with E-state index in [0.29, 0.717) is 6.61 Å². The van der Waals surface area contributed by atoms with Gasteiger partial charge >= 0.3 is 0 Å². The Bertz CT molecular complexity index is 520. The van der Waals surface area contributed by atoms with Crippen LogP contribution in [0.5, 0.6) is 5.75 Å². The predicted molar refractivity (Wildman–Crippen MR) is 80.2 cm³/mol. The topological polar surface area (TPSA) is 21.3 Å². The standard InChI is InChI=1S/C17H19NO/c1-18-13-7-11-16-10-5-6-12-17(16)19-14-15-8-3-2-4-9-15/h2-12,18H,13-14H2,1H3. The fourth-order valence-electron chi connectivity index (χ4n) is 1.79. The number of rotatable bonds is 6. The van der Waals surface area contributed by atoms with Gasteiger partial charge < -0.3 is 10.1 Å². The van der Waals surface area contributed by atoms with Crippen LogP contribution in [0.3, 0.4) is 0 Å². The lowest BCUT2D eigenvalue weighted by atomic mass is 10.2. The van der Waals surface area contributed by atoms with Crippen molar-refractivity contribution in [3.63, 3.8) is 0 Å². The summed E-state index contributed by atoms with van der Waals surface area (Å²) in [6.07, 6.45) is 4.17. The molecule has 0 fully saturated rings.